The third kappa shape index (κ3) is 4.63. The number of nitrogens with zero attached hydrogens (tertiary/aromatic N) is 2. The van der Waals surface area contributed by atoms with Crippen molar-refractivity contribution in [2.24, 2.45) is 10.9 Å². The van der Waals surface area contributed by atoms with Crippen molar-refractivity contribution in [3.8, 4) is 0 Å². The van der Waals surface area contributed by atoms with Crippen LogP contribution in [0.15, 0.2) is 4.99 Å². The molecule has 2 aliphatic rings. The fourth-order valence-corrected chi connectivity index (χ4v) is 3.25. The number of amides is 4. The lowest BCUT2D eigenvalue weighted by Gasteiger charge is -2.29. The molecule has 0 radical (unpaired) electrons. The Morgan fingerprint density at radius 2 is 1.96 bits per heavy atom. The fraction of sp³-hybridized carbons (Fsp3) is 0.765. The van der Waals surface area contributed by atoms with Crippen molar-refractivity contribution >= 4 is 24.1 Å². The first kappa shape index (κ1) is 18.6. The Balaban J connectivity index is 1.98. The summed E-state index contributed by atoms with van der Waals surface area (Å²) in [5.41, 5.74) is 4.10. The minimum atomic E-state index is -0.997. The van der Waals surface area contributed by atoms with Gasteiger partial charge in [-0.05, 0) is 19.3 Å². The molecule has 0 unspecified atom stereocenters. The molecule has 1 aliphatic heterocycles. The maximum atomic E-state index is 12.5. The highest BCUT2D eigenvalue weighted by molar-refractivity contribution is 6.23. The molecule has 1 heterocycles. The average Bonchev–Trinajstić information content (AvgIpc) is 2.55. The van der Waals surface area contributed by atoms with Gasteiger partial charge in [-0.25, -0.2) is 4.79 Å². The second-order valence-electron chi connectivity index (χ2n) is 6.73. The number of nitrogens with one attached hydrogen (secondary N) is 1. The molecule has 24 heavy (non-hydrogen) atoms. The molecule has 0 spiro atoms. The van der Waals surface area contributed by atoms with E-state index in [-0.39, 0.29) is 12.1 Å². The number of rotatable bonds is 7. The minimum Gasteiger partial charge on any atom is -0.353 e. The number of hydrogen-bond acceptors (Lipinski definition) is 4. The molecule has 0 aromatic rings. The van der Waals surface area contributed by atoms with Crippen molar-refractivity contribution in [1.29, 1.82) is 0 Å². The quantitative estimate of drug-likeness (QED) is 0.409. The van der Waals surface area contributed by atoms with E-state index in [9.17, 15) is 14.4 Å². The van der Waals surface area contributed by atoms with E-state index in [1.807, 2.05) is 0 Å². The lowest BCUT2D eigenvalue weighted by Crippen LogP contribution is -2.66. The molecule has 4 N–H and O–H groups in total. The molecule has 134 valence electrons. The van der Waals surface area contributed by atoms with E-state index in [0.717, 1.165) is 56.3 Å². The van der Waals surface area contributed by atoms with Crippen LogP contribution in [0.3, 0.4) is 0 Å². The van der Waals surface area contributed by atoms with Gasteiger partial charge in [0.2, 0.25) is 11.8 Å². The zero-order valence-electron chi connectivity index (χ0n) is 14.5. The van der Waals surface area contributed by atoms with Gasteiger partial charge < -0.3 is 5.73 Å². The summed E-state index contributed by atoms with van der Waals surface area (Å²) in [7, 11) is 0. The van der Waals surface area contributed by atoms with Crippen LogP contribution in [0.1, 0.15) is 58.3 Å². The van der Waals surface area contributed by atoms with Crippen LogP contribution in [0.2, 0.25) is 0 Å². The van der Waals surface area contributed by atoms with E-state index in [1.165, 1.54) is 6.21 Å². The number of aliphatic imine (C=N–C) groups is 1. The number of imide groups is 2. The Morgan fingerprint density at radius 3 is 2.67 bits per heavy atom. The summed E-state index contributed by atoms with van der Waals surface area (Å²) in [6.45, 7) is 2.45. The number of carbonyl (C=O) groups is 3. The molecule has 0 bridgehead atoms. The van der Waals surface area contributed by atoms with Crippen LogP contribution in [0.25, 0.3) is 0 Å². The van der Waals surface area contributed by atoms with Crippen LogP contribution in [0.5, 0.6) is 0 Å². The Morgan fingerprint density at radius 1 is 1.21 bits per heavy atom. The van der Waals surface area contributed by atoms with Gasteiger partial charge in [0.05, 0.1) is 0 Å². The van der Waals surface area contributed by atoms with Gasteiger partial charge in [-0.2, -0.15) is 0 Å². The van der Waals surface area contributed by atoms with Crippen molar-refractivity contribution in [2.45, 2.75) is 70.4 Å². The summed E-state index contributed by atoms with van der Waals surface area (Å²) in [6, 6.07) is -0.322. The van der Waals surface area contributed by atoms with E-state index in [1.54, 1.807) is 0 Å². The molecule has 2 rings (SSSR count). The highest BCUT2D eigenvalue weighted by Gasteiger charge is 2.39. The molecule has 3 atom stereocenters. The molecule has 7 nitrogen and oxygen atoms in total. The molecular formula is C17H29N4O3+. The highest BCUT2D eigenvalue weighted by Crippen LogP contribution is 2.19. The Kier molecular flexibility index (Phi) is 6.90. The summed E-state index contributed by atoms with van der Waals surface area (Å²) in [4.78, 5) is 42.0. The minimum absolute atomic E-state index is 0.0648. The van der Waals surface area contributed by atoms with Gasteiger partial charge in [-0.3, -0.25) is 24.8 Å². The monoisotopic (exact) mass is 337 g/mol. The molecule has 1 saturated carbocycles. The summed E-state index contributed by atoms with van der Waals surface area (Å²) >= 11 is 0. The maximum absolute atomic E-state index is 12.5. The van der Waals surface area contributed by atoms with Crippen LogP contribution in [-0.4, -0.2) is 47.6 Å². The van der Waals surface area contributed by atoms with Crippen molar-refractivity contribution in [1.82, 2.24) is 10.2 Å². The van der Waals surface area contributed by atoms with E-state index in [0.29, 0.717) is 6.54 Å². The van der Waals surface area contributed by atoms with E-state index in [2.05, 4.69) is 23.0 Å². The van der Waals surface area contributed by atoms with Gasteiger partial charge >= 0.3 is 6.03 Å². The molecule has 1 saturated heterocycles. The Bertz CT molecular complexity index is 506. The fourth-order valence-electron chi connectivity index (χ4n) is 3.25. The first-order chi connectivity index (χ1) is 11.5. The molecule has 7 heteroatoms. The van der Waals surface area contributed by atoms with E-state index in [4.69, 9.17) is 0 Å². The van der Waals surface area contributed by atoms with Crippen LogP contribution < -0.4 is 11.1 Å². The Labute approximate surface area is 143 Å². The number of carbonyl (C=O) groups excluding carboxylic acids is 3. The second kappa shape index (κ2) is 8.92. The van der Waals surface area contributed by atoms with Crippen LogP contribution in [0, 0.1) is 5.92 Å². The van der Waals surface area contributed by atoms with Crippen molar-refractivity contribution < 1.29 is 20.1 Å². The second-order valence-corrected chi connectivity index (χ2v) is 6.73. The van der Waals surface area contributed by atoms with Crippen LogP contribution in [-0.2, 0) is 9.59 Å². The number of quaternary nitrogens is 1. The van der Waals surface area contributed by atoms with Crippen LogP contribution in [0.4, 0.5) is 4.79 Å². The lowest BCUT2D eigenvalue weighted by atomic mass is 9.91. The molecule has 2 fully saturated rings. The number of unbranched alkanes of at least 4 members (excludes halogenated alkanes) is 3. The van der Waals surface area contributed by atoms with Gasteiger partial charge in [0.25, 0.3) is 0 Å². The first-order valence-corrected chi connectivity index (χ1v) is 9.07. The SMILES string of the molecule is CCCCCCN1C(=O)NC(=O)[C@@H](C=N[C@@H]2CCCC[C@@H]2[NH3+])C1=O. The van der Waals surface area contributed by atoms with E-state index >= 15 is 0 Å². The largest absolute Gasteiger partial charge is 0.353 e. The topological polar surface area (TPSA) is 106 Å². The standard InChI is InChI=1S/C17H28N4O3/c1-2-3-4-7-10-21-16(23)12(15(22)20-17(21)24)11-19-14-9-6-5-8-13(14)18/h11-14H,2-10,18H2,1H3,(H,20,22,24)/p+1/t12-,13+,14-/m1/s1. The summed E-state index contributed by atoms with van der Waals surface area (Å²) in [5, 5.41) is 2.27. The van der Waals surface area contributed by atoms with E-state index < -0.39 is 23.8 Å². The lowest BCUT2D eigenvalue weighted by molar-refractivity contribution is -0.428. The predicted molar refractivity (Wildman–Crippen MR) is 90.3 cm³/mol. The van der Waals surface area contributed by atoms with Crippen molar-refractivity contribution in [2.75, 3.05) is 6.54 Å². The molecule has 1 aliphatic carbocycles. The third-order valence-electron chi connectivity index (χ3n) is 4.82. The smallest absolute Gasteiger partial charge is 0.330 e. The molecule has 0 aromatic carbocycles. The maximum Gasteiger partial charge on any atom is 0.330 e. The average molecular weight is 337 g/mol. The van der Waals surface area contributed by atoms with Gasteiger partial charge in [0.1, 0.15) is 12.1 Å². The normalized spacial score (nSPS) is 28.5. The molecule has 0 aromatic heterocycles. The number of barbiturate groups is 1. The zero-order valence-corrected chi connectivity index (χ0v) is 14.5. The summed E-state index contributed by atoms with van der Waals surface area (Å²) < 4.78 is 0. The van der Waals surface area contributed by atoms with Gasteiger partial charge in [0, 0.05) is 19.2 Å². The van der Waals surface area contributed by atoms with Crippen LogP contribution >= 0.6 is 0 Å². The summed E-state index contributed by atoms with van der Waals surface area (Å²) in [6.07, 6.45) is 9.52. The van der Waals surface area contributed by atoms with Gasteiger partial charge in [-0.1, -0.05) is 32.6 Å². The molecule has 4 amide bonds. The van der Waals surface area contributed by atoms with Crippen molar-refractivity contribution in [3.63, 3.8) is 0 Å². The third-order valence-corrected chi connectivity index (χ3v) is 4.82. The highest BCUT2D eigenvalue weighted by atomic mass is 16.2. The number of urea groups is 1. The molecular weight excluding hydrogens is 308 g/mol. The zero-order chi connectivity index (χ0) is 17.5. The van der Waals surface area contributed by atoms with Gasteiger partial charge in [-0.15, -0.1) is 0 Å². The first-order valence-electron chi connectivity index (χ1n) is 9.07. The van der Waals surface area contributed by atoms with Crippen molar-refractivity contribution in [3.05, 3.63) is 0 Å². The van der Waals surface area contributed by atoms with Gasteiger partial charge in [0.15, 0.2) is 5.92 Å². The predicted octanol–water partition coefficient (Wildman–Crippen LogP) is 0.885. The number of hydrogen-bond donors (Lipinski definition) is 2. The summed E-state index contributed by atoms with van der Waals surface area (Å²) in [5.74, 6) is -2.03. The Hall–Kier alpha value is -1.76.